The van der Waals surface area contributed by atoms with Gasteiger partial charge in [-0.05, 0) is 51.7 Å². The number of hydrogen-bond donors (Lipinski definition) is 1. The average Bonchev–Trinajstić information content (AvgIpc) is 2.55. The molecule has 2 aromatic rings. The highest BCUT2D eigenvalue weighted by atomic mass is 16.5. The van der Waals surface area contributed by atoms with Gasteiger partial charge in [0.05, 0.1) is 6.10 Å². The third-order valence-corrected chi connectivity index (χ3v) is 4.35. The Bertz CT molecular complexity index is 779. The van der Waals surface area contributed by atoms with Gasteiger partial charge in [0.1, 0.15) is 17.4 Å². The van der Waals surface area contributed by atoms with Crippen LogP contribution in [0.5, 0.6) is 5.75 Å². The first-order chi connectivity index (χ1) is 11.9. The number of nitriles is 1. The molecule has 4 heteroatoms. The lowest BCUT2D eigenvalue weighted by Gasteiger charge is -2.20. The molecule has 0 saturated heterocycles. The summed E-state index contributed by atoms with van der Waals surface area (Å²) in [5.74, 6) is 1.16. The molecule has 1 N–H and O–H groups in total. The molecule has 0 bridgehead atoms. The topological polar surface area (TPSA) is 57.9 Å². The summed E-state index contributed by atoms with van der Waals surface area (Å²) in [6, 6.07) is 8.36. The van der Waals surface area contributed by atoms with Gasteiger partial charge < -0.3 is 10.1 Å². The van der Waals surface area contributed by atoms with Gasteiger partial charge in [-0.1, -0.05) is 31.5 Å². The van der Waals surface area contributed by atoms with Gasteiger partial charge in [-0.2, -0.15) is 5.26 Å². The zero-order chi connectivity index (χ0) is 18.6. The third-order valence-electron chi connectivity index (χ3n) is 4.35. The number of hydrogen-bond acceptors (Lipinski definition) is 4. The molecular weight excluding hydrogens is 310 g/mol. The van der Waals surface area contributed by atoms with E-state index < -0.39 is 0 Å². The predicted octanol–water partition coefficient (Wildman–Crippen LogP) is 5.50. The highest BCUT2D eigenvalue weighted by molar-refractivity contribution is 5.71. The molecular formula is C21H27N3O. The summed E-state index contributed by atoms with van der Waals surface area (Å²) < 4.78 is 6.07. The number of anilines is 2. The summed E-state index contributed by atoms with van der Waals surface area (Å²) >= 11 is 0. The Kier molecular flexibility index (Phi) is 6.03. The summed E-state index contributed by atoms with van der Waals surface area (Å²) in [6.45, 7) is 12.3. The van der Waals surface area contributed by atoms with Crippen molar-refractivity contribution in [2.45, 2.75) is 60.5 Å². The Morgan fingerprint density at radius 1 is 1.08 bits per heavy atom. The van der Waals surface area contributed by atoms with Crippen LogP contribution in [-0.4, -0.2) is 11.1 Å². The number of nitrogens with one attached hydrogen (secondary N) is 1. The van der Waals surface area contributed by atoms with E-state index in [4.69, 9.17) is 4.74 Å². The molecule has 0 radical (unpaired) electrons. The Labute approximate surface area is 150 Å². The van der Waals surface area contributed by atoms with E-state index in [2.05, 4.69) is 63.1 Å². The molecule has 2 rings (SSSR count). The predicted molar refractivity (Wildman–Crippen MR) is 103 cm³/mol. The Balaban J connectivity index is 2.48. The zero-order valence-electron chi connectivity index (χ0n) is 16.0. The third kappa shape index (κ3) is 4.30. The Morgan fingerprint density at radius 2 is 1.68 bits per heavy atom. The molecule has 0 amide bonds. The smallest absolute Gasteiger partial charge is 0.152 e. The van der Waals surface area contributed by atoms with Gasteiger partial charge in [0.2, 0.25) is 0 Å². The summed E-state index contributed by atoms with van der Waals surface area (Å²) in [5, 5.41) is 13.1. The van der Waals surface area contributed by atoms with E-state index in [1.54, 1.807) is 0 Å². The van der Waals surface area contributed by atoms with Crippen LogP contribution in [0.3, 0.4) is 0 Å². The minimum Gasteiger partial charge on any atom is -0.489 e. The van der Waals surface area contributed by atoms with Crippen molar-refractivity contribution in [3.8, 4) is 11.8 Å². The lowest BCUT2D eigenvalue weighted by atomic mass is 10.0. The van der Waals surface area contributed by atoms with E-state index in [9.17, 15) is 5.26 Å². The largest absolute Gasteiger partial charge is 0.489 e. The van der Waals surface area contributed by atoms with Crippen molar-refractivity contribution in [2.75, 3.05) is 5.32 Å². The number of ether oxygens (including phenoxy) is 1. The molecule has 0 unspecified atom stereocenters. The molecule has 0 fully saturated rings. The normalized spacial score (nSPS) is 10.6. The van der Waals surface area contributed by atoms with Crippen LogP contribution in [0.15, 0.2) is 18.2 Å². The lowest BCUT2D eigenvalue weighted by molar-refractivity contribution is 0.192. The van der Waals surface area contributed by atoms with E-state index in [0.717, 1.165) is 35.3 Å². The highest BCUT2D eigenvalue weighted by Gasteiger charge is 2.17. The fraction of sp³-hybridized carbons (Fsp3) is 0.429. The lowest BCUT2D eigenvalue weighted by Crippen LogP contribution is -2.15. The van der Waals surface area contributed by atoms with Crippen LogP contribution in [-0.2, 0) is 0 Å². The number of benzene rings is 1. The van der Waals surface area contributed by atoms with Crippen LogP contribution < -0.4 is 10.1 Å². The van der Waals surface area contributed by atoms with Gasteiger partial charge in [-0.15, -0.1) is 0 Å². The number of rotatable bonds is 6. The van der Waals surface area contributed by atoms with Crippen LogP contribution >= 0.6 is 0 Å². The molecule has 0 atom stereocenters. The maximum Gasteiger partial charge on any atom is 0.152 e. The molecule has 0 spiro atoms. The van der Waals surface area contributed by atoms with Crippen LogP contribution in [0.4, 0.5) is 11.5 Å². The molecule has 1 heterocycles. The first-order valence-electron chi connectivity index (χ1n) is 8.82. The highest BCUT2D eigenvalue weighted by Crippen LogP contribution is 2.32. The fourth-order valence-corrected chi connectivity index (χ4v) is 3.07. The van der Waals surface area contributed by atoms with Crippen LogP contribution in [0.2, 0.25) is 0 Å². The Hall–Kier alpha value is -2.54. The first-order valence-corrected chi connectivity index (χ1v) is 8.82. The number of pyridine rings is 1. The monoisotopic (exact) mass is 337 g/mol. The van der Waals surface area contributed by atoms with Gasteiger partial charge in [-0.3, -0.25) is 0 Å². The van der Waals surface area contributed by atoms with E-state index in [0.29, 0.717) is 17.1 Å². The second-order valence-corrected chi connectivity index (χ2v) is 6.55. The van der Waals surface area contributed by atoms with Crippen LogP contribution in [0.25, 0.3) is 0 Å². The maximum atomic E-state index is 9.70. The summed E-state index contributed by atoms with van der Waals surface area (Å²) in [5.41, 5.74) is 5.76. The average molecular weight is 337 g/mol. The van der Waals surface area contributed by atoms with E-state index in [1.807, 2.05) is 13.0 Å². The molecule has 4 nitrogen and oxygen atoms in total. The van der Waals surface area contributed by atoms with Crippen molar-refractivity contribution in [3.05, 3.63) is 46.1 Å². The SMILES string of the molecule is CCC(CC)Oc1cc(C)nc(Nc2c(C)cc(C)cc2C)c1C#N. The van der Waals surface area contributed by atoms with Crippen molar-refractivity contribution < 1.29 is 4.74 Å². The summed E-state index contributed by atoms with van der Waals surface area (Å²) in [7, 11) is 0. The van der Waals surface area contributed by atoms with Gasteiger partial charge in [-0.25, -0.2) is 4.98 Å². The molecule has 0 aliphatic carbocycles. The summed E-state index contributed by atoms with van der Waals surface area (Å²) in [6.07, 6.45) is 1.91. The van der Waals surface area contributed by atoms with Crippen molar-refractivity contribution in [1.82, 2.24) is 4.98 Å². The molecule has 0 saturated carbocycles. The molecule has 0 aliphatic heterocycles. The minimum absolute atomic E-state index is 0.101. The molecule has 25 heavy (non-hydrogen) atoms. The van der Waals surface area contributed by atoms with Gasteiger partial charge in [0.25, 0.3) is 0 Å². The zero-order valence-corrected chi connectivity index (χ0v) is 16.0. The van der Waals surface area contributed by atoms with E-state index >= 15 is 0 Å². The van der Waals surface area contributed by atoms with Crippen molar-refractivity contribution in [3.63, 3.8) is 0 Å². The van der Waals surface area contributed by atoms with Gasteiger partial charge in [0, 0.05) is 17.4 Å². The minimum atomic E-state index is 0.101. The maximum absolute atomic E-state index is 9.70. The second kappa shape index (κ2) is 8.02. The fourth-order valence-electron chi connectivity index (χ4n) is 3.07. The van der Waals surface area contributed by atoms with Gasteiger partial charge >= 0.3 is 0 Å². The van der Waals surface area contributed by atoms with E-state index in [1.165, 1.54) is 5.56 Å². The quantitative estimate of drug-likeness (QED) is 0.756. The number of aryl methyl sites for hydroxylation is 4. The number of nitrogens with zero attached hydrogens (tertiary/aromatic N) is 2. The van der Waals surface area contributed by atoms with E-state index in [-0.39, 0.29) is 6.10 Å². The molecule has 132 valence electrons. The summed E-state index contributed by atoms with van der Waals surface area (Å²) in [4.78, 5) is 4.55. The van der Waals surface area contributed by atoms with Crippen molar-refractivity contribution >= 4 is 11.5 Å². The standard InChI is InChI=1S/C21H27N3O/c1-7-17(8-2)25-19-11-16(6)23-21(18(19)12-22)24-20-14(4)9-13(3)10-15(20)5/h9-11,17H,7-8H2,1-6H3,(H,23,24). The van der Waals surface area contributed by atoms with Crippen molar-refractivity contribution in [2.24, 2.45) is 0 Å². The first kappa shape index (κ1) is 18.8. The van der Waals surface area contributed by atoms with Crippen molar-refractivity contribution in [1.29, 1.82) is 5.26 Å². The van der Waals surface area contributed by atoms with Gasteiger partial charge in [0.15, 0.2) is 5.82 Å². The molecule has 1 aromatic carbocycles. The molecule has 0 aliphatic rings. The molecule has 1 aromatic heterocycles. The van der Waals surface area contributed by atoms with Crippen LogP contribution in [0, 0.1) is 39.0 Å². The Morgan fingerprint density at radius 3 is 2.20 bits per heavy atom. The second-order valence-electron chi connectivity index (χ2n) is 6.55. The number of aromatic nitrogens is 1. The van der Waals surface area contributed by atoms with Crippen LogP contribution in [0.1, 0.15) is 54.6 Å².